The number of benzene rings is 2. The summed E-state index contributed by atoms with van der Waals surface area (Å²) in [6.07, 6.45) is 2.00. The van der Waals surface area contributed by atoms with E-state index in [0.29, 0.717) is 28.4 Å². The van der Waals surface area contributed by atoms with Crippen LogP contribution in [0.2, 0.25) is 5.02 Å². The average molecular weight is 385 g/mol. The third-order valence-corrected chi connectivity index (χ3v) is 4.44. The molecule has 0 atom stereocenters. The van der Waals surface area contributed by atoms with Gasteiger partial charge in [0.25, 0.3) is 11.8 Å². The van der Waals surface area contributed by atoms with Crippen LogP contribution in [0, 0.1) is 0 Å². The van der Waals surface area contributed by atoms with E-state index in [1.807, 2.05) is 19.1 Å². The number of imide groups is 2. The van der Waals surface area contributed by atoms with Gasteiger partial charge in [0.15, 0.2) is 0 Å². The number of hydrogen-bond donors (Lipinski definition) is 1. The highest BCUT2D eigenvalue weighted by molar-refractivity contribution is 6.39. The highest BCUT2D eigenvalue weighted by Crippen LogP contribution is 2.29. The summed E-state index contributed by atoms with van der Waals surface area (Å²) in [4.78, 5) is 38.7. The van der Waals surface area contributed by atoms with Gasteiger partial charge in [0.05, 0.1) is 12.8 Å². The lowest BCUT2D eigenvalue weighted by molar-refractivity contribution is -0.122. The summed E-state index contributed by atoms with van der Waals surface area (Å²) < 4.78 is 5.25. The molecule has 1 N–H and O–H groups in total. The summed E-state index contributed by atoms with van der Waals surface area (Å²) in [7, 11) is 1.47. The normalized spacial score (nSPS) is 15.9. The molecule has 1 heterocycles. The predicted octanol–water partition coefficient (Wildman–Crippen LogP) is 3.58. The van der Waals surface area contributed by atoms with Crippen molar-refractivity contribution in [3.05, 3.63) is 64.2 Å². The summed E-state index contributed by atoms with van der Waals surface area (Å²) in [6.45, 7) is 1.92. The van der Waals surface area contributed by atoms with Crippen LogP contribution in [0.3, 0.4) is 0 Å². The molecule has 0 saturated carbocycles. The van der Waals surface area contributed by atoms with Crippen molar-refractivity contribution in [2.75, 3.05) is 12.0 Å². The van der Waals surface area contributed by atoms with Crippen LogP contribution in [0.1, 0.15) is 18.1 Å². The molecular formula is C20H17ClN2O4. The van der Waals surface area contributed by atoms with Crippen molar-refractivity contribution in [1.82, 2.24) is 5.32 Å². The van der Waals surface area contributed by atoms with Gasteiger partial charge in [-0.3, -0.25) is 14.9 Å². The zero-order valence-corrected chi connectivity index (χ0v) is 15.5. The van der Waals surface area contributed by atoms with Crippen LogP contribution in [0.25, 0.3) is 6.08 Å². The largest absolute Gasteiger partial charge is 0.496 e. The number of nitrogens with one attached hydrogen (secondary N) is 1. The number of anilines is 1. The first-order valence-corrected chi connectivity index (χ1v) is 8.67. The number of halogens is 1. The molecule has 27 heavy (non-hydrogen) atoms. The third-order valence-electron chi connectivity index (χ3n) is 4.21. The fraction of sp³-hybridized carbons (Fsp3) is 0.150. The third kappa shape index (κ3) is 3.57. The number of barbiturate groups is 1. The van der Waals surface area contributed by atoms with E-state index in [1.165, 1.54) is 13.2 Å². The molecule has 6 nitrogen and oxygen atoms in total. The van der Waals surface area contributed by atoms with Crippen LogP contribution < -0.4 is 15.0 Å². The summed E-state index contributed by atoms with van der Waals surface area (Å²) in [5.41, 5.74) is 1.54. The van der Waals surface area contributed by atoms with Gasteiger partial charge in [-0.15, -0.1) is 0 Å². The molecule has 0 unspecified atom stereocenters. The molecule has 2 aromatic rings. The molecule has 1 aliphatic heterocycles. The van der Waals surface area contributed by atoms with Gasteiger partial charge in [0.1, 0.15) is 11.3 Å². The zero-order valence-electron chi connectivity index (χ0n) is 14.8. The van der Waals surface area contributed by atoms with Crippen molar-refractivity contribution in [3.8, 4) is 5.75 Å². The quantitative estimate of drug-likeness (QED) is 0.645. The fourth-order valence-corrected chi connectivity index (χ4v) is 3.06. The number of para-hydroxylation sites is 1. The first-order chi connectivity index (χ1) is 13.0. The number of amides is 4. The molecule has 1 saturated heterocycles. The molecule has 0 bridgehead atoms. The van der Waals surface area contributed by atoms with E-state index in [9.17, 15) is 14.4 Å². The lowest BCUT2D eigenvalue weighted by atomic mass is 10.0. The second-order valence-corrected chi connectivity index (χ2v) is 6.26. The number of carbonyl (C=O) groups excluding carboxylic acids is 3. The Bertz CT molecular complexity index is 968. The minimum absolute atomic E-state index is 0.180. The maximum Gasteiger partial charge on any atom is 0.335 e. The molecule has 0 radical (unpaired) electrons. The molecule has 0 aliphatic carbocycles. The predicted molar refractivity (Wildman–Crippen MR) is 103 cm³/mol. The summed E-state index contributed by atoms with van der Waals surface area (Å²) in [5.74, 6) is -1.02. The zero-order chi connectivity index (χ0) is 19.6. The first kappa shape index (κ1) is 18.7. The molecule has 2 aromatic carbocycles. The number of hydrogen-bond acceptors (Lipinski definition) is 4. The highest BCUT2D eigenvalue weighted by Gasteiger charge is 2.37. The second kappa shape index (κ2) is 7.63. The van der Waals surface area contributed by atoms with Gasteiger partial charge >= 0.3 is 6.03 Å². The molecule has 0 aromatic heterocycles. The molecule has 4 amide bonds. The number of carbonyl (C=O) groups is 3. The summed E-state index contributed by atoms with van der Waals surface area (Å²) in [6, 6.07) is 11.1. The van der Waals surface area contributed by atoms with Gasteiger partial charge in [-0.1, -0.05) is 36.7 Å². The minimum atomic E-state index is -0.777. The van der Waals surface area contributed by atoms with E-state index < -0.39 is 17.8 Å². The molecule has 1 fully saturated rings. The van der Waals surface area contributed by atoms with E-state index in [1.54, 1.807) is 30.3 Å². The molecule has 0 spiro atoms. The smallest absolute Gasteiger partial charge is 0.335 e. The number of rotatable bonds is 4. The standard InChI is InChI=1S/C20H17ClN2O4/c1-3-12-6-4-5-7-16(12)23-19(25)15(18(24)22-20(23)26)11-13-10-14(21)8-9-17(13)27-2/h4-11H,3H2,1-2H3,(H,22,24,26)/b15-11-. The number of methoxy groups -OCH3 is 1. The second-order valence-electron chi connectivity index (χ2n) is 5.83. The van der Waals surface area contributed by atoms with Gasteiger partial charge in [-0.2, -0.15) is 0 Å². The Morgan fingerprint density at radius 2 is 1.89 bits per heavy atom. The van der Waals surface area contributed by atoms with E-state index in [2.05, 4.69) is 5.32 Å². The van der Waals surface area contributed by atoms with Gasteiger partial charge < -0.3 is 4.74 Å². The Kier molecular flexibility index (Phi) is 5.28. The fourth-order valence-electron chi connectivity index (χ4n) is 2.88. The number of urea groups is 1. The van der Waals surface area contributed by atoms with Crippen molar-refractivity contribution < 1.29 is 19.1 Å². The van der Waals surface area contributed by atoms with Crippen molar-refractivity contribution in [1.29, 1.82) is 0 Å². The molecule has 1 aliphatic rings. The Labute approximate surface area is 161 Å². The van der Waals surface area contributed by atoms with Crippen LogP contribution in [0.4, 0.5) is 10.5 Å². The van der Waals surface area contributed by atoms with Gasteiger partial charge in [-0.05, 0) is 42.3 Å². The van der Waals surface area contributed by atoms with Gasteiger partial charge in [-0.25, -0.2) is 9.69 Å². The molecular weight excluding hydrogens is 368 g/mol. The van der Waals surface area contributed by atoms with E-state index in [0.717, 1.165) is 10.5 Å². The Hall–Kier alpha value is -3.12. The Morgan fingerprint density at radius 3 is 2.59 bits per heavy atom. The number of aryl methyl sites for hydroxylation is 1. The Balaban J connectivity index is 2.10. The topological polar surface area (TPSA) is 75.7 Å². The average Bonchev–Trinajstić information content (AvgIpc) is 2.65. The van der Waals surface area contributed by atoms with Gasteiger partial charge in [0, 0.05) is 10.6 Å². The van der Waals surface area contributed by atoms with Crippen molar-refractivity contribution >= 4 is 41.2 Å². The summed E-state index contributed by atoms with van der Waals surface area (Å²) in [5, 5.41) is 2.64. The van der Waals surface area contributed by atoms with Crippen LogP contribution in [0.15, 0.2) is 48.0 Å². The summed E-state index contributed by atoms with van der Waals surface area (Å²) >= 11 is 6.02. The van der Waals surface area contributed by atoms with Crippen LogP contribution >= 0.6 is 11.6 Å². The van der Waals surface area contributed by atoms with E-state index in [4.69, 9.17) is 16.3 Å². The number of nitrogens with zero attached hydrogens (tertiary/aromatic N) is 1. The monoisotopic (exact) mass is 384 g/mol. The molecule has 138 valence electrons. The molecule has 3 rings (SSSR count). The van der Waals surface area contributed by atoms with E-state index >= 15 is 0 Å². The highest BCUT2D eigenvalue weighted by atomic mass is 35.5. The SMILES string of the molecule is CCc1ccccc1N1C(=O)NC(=O)/C(=C/c2cc(Cl)ccc2OC)C1=O. The van der Waals surface area contributed by atoms with Crippen molar-refractivity contribution in [2.24, 2.45) is 0 Å². The first-order valence-electron chi connectivity index (χ1n) is 8.29. The maximum atomic E-state index is 13.0. The molecule has 7 heteroatoms. The number of ether oxygens (including phenoxy) is 1. The van der Waals surface area contributed by atoms with Crippen LogP contribution in [-0.2, 0) is 16.0 Å². The van der Waals surface area contributed by atoms with Crippen LogP contribution in [-0.4, -0.2) is 25.0 Å². The Morgan fingerprint density at radius 1 is 1.15 bits per heavy atom. The van der Waals surface area contributed by atoms with Gasteiger partial charge in [0.2, 0.25) is 0 Å². The van der Waals surface area contributed by atoms with Crippen LogP contribution in [0.5, 0.6) is 5.75 Å². The van der Waals surface area contributed by atoms with E-state index in [-0.39, 0.29) is 5.57 Å². The lowest BCUT2D eigenvalue weighted by Crippen LogP contribution is -2.54. The van der Waals surface area contributed by atoms with Crippen molar-refractivity contribution in [3.63, 3.8) is 0 Å². The minimum Gasteiger partial charge on any atom is -0.496 e. The van der Waals surface area contributed by atoms with Crippen molar-refractivity contribution in [2.45, 2.75) is 13.3 Å². The maximum absolute atomic E-state index is 13.0. The lowest BCUT2D eigenvalue weighted by Gasteiger charge is -2.28.